The van der Waals surface area contributed by atoms with Crippen molar-refractivity contribution in [2.45, 2.75) is 18.9 Å². The smallest absolute Gasteiger partial charge is 0.161 e. The summed E-state index contributed by atoms with van der Waals surface area (Å²) in [6, 6.07) is 6.07. The van der Waals surface area contributed by atoms with E-state index in [1.807, 2.05) is 12.1 Å². The molecule has 2 atom stereocenters. The first-order valence-corrected chi connectivity index (χ1v) is 6.99. The summed E-state index contributed by atoms with van der Waals surface area (Å²) in [5.74, 6) is 2.70. The highest BCUT2D eigenvalue weighted by Crippen LogP contribution is 2.39. The Morgan fingerprint density at radius 2 is 1.94 bits per heavy atom. The Balaban J connectivity index is 1.87. The Kier molecular flexibility index (Phi) is 3.62. The average molecular weight is 269 g/mol. The summed E-state index contributed by atoms with van der Waals surface area (Å²) < 4.78 is 17.1. The molecule has 1 saturated heterocycles. The average Bonchev–Trinajstić information content (AvgIpc) is 2.76. The summed E-state index contributed by atoms with van der Waals surface area (Å²) in [6.45, 7) is 2.22. The number of benzene rings is 1. The molecule has 2 heterocycles. The Labute approximate surface area is 112 Å². The number of hydrogen-bond acceptors (Lipinski definition) is 3. The maximum absolute atomic E-state index is 5.99. The molecule has 0 spiro atoms. The molecule has 0 saturated carbocycles. The van der Waals surface area contributed by atoms with Gasteiger partial charge in [0.1, 0.15) is 0 Å². The van der Waals surface area contributed by atoms with Crippen molar-refractivity contribution < 1.29 is 14.2 Å². The van der Waals surface area contributed by atoms with Gasteiger partial charge >= 0.3 is 0 Å². The molecular formula is C14H17ClO3. The van der Waals surface area contributed by atoms with Gasteiger partial charge in [0, 0.05) is 24.8 Å². The van der Waals surface area contributed by atoms with E-state index in [1.165, 1.54) is 0 Å². The number of alkyl halides is 1. The van der Waals surface area contributed by atoms with E-state index in [9.17, 15) is 0 Å². The first-order valence-electron chi connectivity index (χ1n) is 6.45. The third kappa shape index (κ3) is 2.29. The van der Waals surface area contributed by atoms with Gasteiger partial charge in [0.25, 0.3) is 0 Å². The number of hydrogen-bond donors (Lipinski definition) is 0. The van der Waals surface area contributed by atoms with Gasteiger partial charge in [-0.05, 0) is 24.1 Å². The molecule has 0 radical (unpaired) electrons. The highest BCUT2D eigenvalue weighted by Gasteiger charge is 2.29. The van der Waals surface area contributed by atoms with Crippen molar-refractivity contribution >= 4 is 11.6 Å². The van der Waals surface area contributed by atoms with Crippen molar-refractivity contribution in [3.05, 3.63) is 23.8 Å². The molecule has 3 nitrogen and oxygen atoms in total. The zero-order valence-corrected chi connectivity index (χ0v) is 11.0. The van der Waals surface area contributed by atoms with Crippen LogP contribution in [0.5, 0.6) is 11.5 Å². The van der Waals surface area contributed by atoms with Gasteiger partial charge in [-0.25, -0.2) is 0 Å². The molecule has 0 amide bonds. The van der Waals surface area contributed by atoms with Crippen LogP contribution in [0.15, 0.2) is 18.2 Å². The van der Waals surface area contributed by atoms with Crippen LogP contribution < -0.4 is 9.47 Å². The molecule has 2 unspecified atom stereocenters. The summed E-state index contributed by atoms with van der Waals surface area (Å²) in [4.78, 5) is 0. The van der Waals surface area contributed by atoms with Gasteiger partial charge < -0.3 is 14.2 Å². The Bertz CT molecular complexity index is 422. The fourth-order valence-corrected chi connectivity index (χ4v) is 2.83. The molecule has 0 aromatic heterocycles. The van der Waals surface area contributed by atoms with Crippen molar-refractivity contribution in [1.29, 1.82) is 0 Å². The zero-order chi connectivity index (χ0) is 12.4. The molecule has 1 aromatic rings. The normalized spacial score (nSPS) is 26.9. The van der Waals surface area contributed by atoms with Crippen LogP contribution in [0, 0.1) is 5.92 Å². The lowest BCUT2D eigenvalue weighted by atomic mass is 9.97. The van der Waals surface area contributed by atoms with Gasteiger partial charge in [-0.1, -0.05) is 6.07 Å². The third-order valence-corrected chi connectivity index (χ3v) is 3.91. The lowest BCUT2D eigenvalue weighted by Crippen LogP contribution is -2.09. The van der Waals surface area contributed by atoms with E-state index in [0.717, 1.165) is 43.1 Å². The highest BCUT2D eigenvalue weighted by molar-refractivity contribution is 6.18. The molecule has 1 fully saturated rings. The molecule has 3 rings (SSSR count). The van der Waals surface area contributed by atoms with E-state index in [0.29, 0.717) is 18.4 Å². The molecule has 2 aliphatic rings. The first-order chi connectivity index (χ1) is 8.88. The van der Waals surface area contributed by atoms with Gasteiger partial charge in [-0.15, -0.1) is 11.6 Å². The molecule has 2 aliphatic heterocycles. The van der Waals surface area contributed by atoms with Crippen LogP contribution >= 0.6 is 11.6 Å². The van der Waals surface area contributed by atoms with Gasteiger partial charge in [0.05, 0.1) is 19.3 Å². The summed E-state index contributed by atoms with van der Waals surface area (Å²) in [5, 5.41) is 0. The molecule has 4 heteroatoms. The van der Waals surface area contributed by atoms with E-state index in [2.05, 4.69) is 6.07 Å². The third-order valence-electron chi connectivity index (χ3n) is 3.51. The van der Waals surface area contributed by atoms with Gasteiger partial charge in [0.2, 0.25) is 0 Å². The van der Waals surface area contributed by atoms with E-state index >= 15 is 0 Å². The van der Waals surface area contributed by atoms with Crippen LogP contribution in [0.3, 0.4) is 0 Å². The van der Waals surface area contributed by atoms with Crippen molar-refractivity contribution in [1.82, 2.24) is 0 Å². The van der Waals surface area contributed by atoms with E-state index < -0.39 is 0 Å². The van der Waals surface area contributed by atoms with E-state index in [1.54, 1.807) is 0 Å². The van der Waals surface area contributed by atoms with E-state index in [4.69, 9.17) is 25.8 Å². The summed E-state index contributed by atoms with van der Waals surface area (Å²) in [5.41, 5.74) is 1.14. The number of ether oxygens (including phenoxy) is 3. The number of halogens is 1. The van der Waals surface area contributed by atoms with Gasteiger partial charge in [0.15, 0.2) is 11.5 Å². The predicted molar refractivity (Wildman–Crippen MR) is 69.6 cm³/mol. The fourth-order valence-electron chi connectivity index (χ4n) is 2.52. The molecular weight excluding hydrogens is 252 g/mol. The second-order valence-electron chi connectivity index (χ2n) is 4.75. The van der Waals surface area contributed by atoms with Gasteiger partial charge in [-0.2, -0.15) is 0 Å². The van der Waals surface area contributed by atoms with Crippen molar-refractivity contribution in [3.63, 3.8) is 0 Å². The molecule has 0 bridgehead atoms. The Morgan fingerprint density at radius 3 is 2.78 bits per heavy atom. The second-order valence-corrected chi connectivity index (χ2v) is 5.06. The SMILES string of the molecule is ClCC1CCOC1c1ccc2c(c1)OCCCO2. The quantitative estimate of drug-likeness (QED) is 0.771. The van der Waals surface area contributed by atoms with Crippen LogP contribution in [0.25, 0.3) is 0 Å². The van der Waals surface area contributed by atoms with Crippen LogP contribution in [0.2, 0.25) is 0 Å². The first kappa shape index (κ1) is 12.1. The lowest BCUT2D eigenvalue weighted by Gasteiger charge is -2.18. The molecule has 0 N–H and O–H groups in total. The minimum atomic E-state index is 0.0969. The molecule has 0 aliphatic carbocycles. The molecule has 1 aromatic carbocycles. The highest BCUT2D eigenvalue weighted by atomic mass is 35.5. The van der Waals surface area contributed by atoms with Crippen molar-refractivity contribution in [3.8, 4) is 11.5 Å². The number of rotatable bonds is 2. The molecule has 98 valence electrons. The number of fused-ring (bicyclic) bond motifs is 1. The predicted octanol–water partition coefficient (Wildman–Crippen LogP) is 3.16. The van der Waals surface area contributed by atoms with Crippen LogP contribution in [0.1, 0.15) is 24.5 Å². The summed E-state index contributed by atoms with van der Waals surface area (Å²) >= 11 is 5.99. The largest absolute Gasteiger partial charge is 0.490 e. The zero-order valence-electron chi connectivity index (χ0n) is 10.2. The monoisotopic (exact) mass is 268 g/mol. The van der Waals surface area contributed by atoms with E-state index in [-0.39, 0.29) is 6.10 Å². The standard InChI is InChI=1S/C14H17ClO3/c15-9-11-4-7-18-14(11)10-2-3-12-13(8-10)17-6-1-5-16-12/h2-3,8,11,14H,1,4-7,9H2. The lowest BCUT2D eigenvalue weighted by molar-refractivity contribution is 0.0949. The summed E-state index contributed by atoms with van der Waals surface area (Å²) in [6.07, 6.45) is 2.05. The van der Waals surface area contributed by atoms with Crippen molar-refractivity contribution in [2.75, 3.05) is 25.7 Å². The van der Waals surface area contributed by atoms with Crippen LogP contribution in [0.4, 0.5) is 0 Å². The maximum atomic E-state index is 5.99. The minimum Gasteiger partial charge on any atom is -0.490 e. The second kappa shape index (κ2) is 5.37. The topological polar surface area (TPSA) is 27.7 Å². The molecule has 18 heavy (non-hydrogen) atoms. The maximum Gasteiger partial charge on any atom is 0.161 e. The van der Waals surface area contributed by atoms with Gasteiger partial charge in [-0.3, -0.25) is 0 Å². The Hall–Kier alpha value is -0.930. The summed E-state index contributed by atoms with van der Waals surface area (Å²) in [7, 11) is 0. The van der Waals surface area contributed by atoms with Crippen LogP contribution in [-0.2, 0) is 4.74 Å². The fraction of sp³-hybridized carbons (Fsp3) is 0.571. The Morgan fingerprint density at radius 1 is 1.11 bits per heavy atom. The van der Waals surface area contributed by atoms with Crippen LogP contribution in [-0.4, -0.2) is 25.7 Å². The van der Waals surface area contributed by atoms with Crippen molar-refractivity contribution in [2.24, 2.45) is 5.92 Å². The minimum absolute atomic E-state index is 0.0969.